The summed E-state index contributed by atoms with van der Waals surface area (Å²) in [4.78, 5) is 7.47. The van der Waals surface area contributed by atoms with Crippen LogP contribution in [0.3, 0.4) is 0 Å². The number of pyridine rings is 1. The van der Waals surface area contributed by atoms with Gasteiger partial charge in [0.1, 0.15) is 0 Å². The molecule has 0 aliphatic rings. The van der Waals surface area contributed by atoms with Gasteiger partial charge in [-0.3, -0.25) is 8.78 Å². The molecule has 5 heteroatoms. The number of rotatable bonds is 1. The number of nitrogens with zero attached hydrogens (tertiary/aromatic N) is 2. The summed E-state index contributed by atoms with van der Waals surface area (Å²) in [5.41, 5.74) is 0.581. The second-order valence-electron chi connectivity index (χ2n) is 5.06. The van der Waals surface area contributed by atoms with Crippen molar-refractivity contribution in [3.63, 3.8) is 0 Å². The molecule has 0 aliphatic carbocycles. The number of aromatic nitrogens is 1. The van der Waals surface area contributed by atoms with E-state index in [1.54, 1.807) is 24.4 Å². The first-order valence-electron chi connectivity index (χ1n) is 6.03. The Bertz CT molecular complexity index is 566. The Hall–Kier alpha value is -1.45. The molecule has 0 fully saturated rings. The van der Waals surface area contributed by atoms with E-state index >= 15 is 0 Å². The molecule has 0 bridgehead atoms. The Kier molecular flexibility index (Phi) is 8.15. The molecule has 2 rings (SSSR count). The van der Waals surface area contributed by atoms with Crippen molar-refractivity contribution in [1.29, 1.82) is 0 Å². The van der Waals surface area contributed by atoms with E-state index in [0.717, 1.165) is 12.1 Å². The van der Waals surface area contributed by atoms with Crippen molar-refractivity contribution >= 4 is 6.72 Å². The van der Waals surface area contributed by atoms with Crippen molar-refractivity contribution in [1.82, 2.24) is 4.98 Å². The third-order valence-corrected chi connectivity index (χ3v) is 2.17. The first-order chi connectivity index (χ1) is 9.33. The maximum absolute atomic E-state index is 13.2. The maximum atomic E-state index is 13.2. The van der Waals surface area contributed by atoms with Crippen molar-refractivity contribution < 1.29 is 28.9 Å². The van der Waals surface area contributed by atoms with E-state index < -0.39 is 11.6 Å². The molecule has 21 heavy (non-hydrogen) atoms. The van der Waals surface area contributed by atoms with Gasteiger partial charge in [0.25, 0.3) is 0 Å². The Morgan fingerprint density at radius 3 is 2.29 bits per heavy atom. The average molecular weight is 468 g/mol. The first kappa shape index (κ1) is 19.5. The van der Waals surface area contributed by atoms with Crippen LogP contribution in [0.15, 0.2) is 41.5 Å². The third-order valence-electron chi connectivity index (χ3n) is 2.17. The summed E-state index contributed by atoms with van der Waals surface area (Å²) in [5.74, 6) is -1.29. The van der Waals surface area contributed by atoms with Gasteiger partial charge in [-0.1, -0.05) is 23.8 Å². The summed E-state index contributed by atoms with van der Waals surface area (Å²) < 4.78 is 25.8. The standard InChI is InChI=1S/C11H6F2N.C5H10N.Ir.H/c12-8-4-5-9(10(13)7-8)11-3-1-2-6-14-11;1-5(2,3)6-4;;/h1-4,6-7H;4H,1-3H3;;/q2*-1;+2;. The fourth-order valence-corrected chi connectivity index (χ4v) is 1.15. The van der Waals surface area contributed by atoms with Crippen molar-refractivity contribution in [3.8, 4) is 11.3 Å². The summed E-state index contributed by atoms with van der Waals surface area (Å²) in [6.07, 6.45) is 1.55. The second-order valence-corrected chi connectivity index (χ2v) is 5.06. The van der Waals surface area contributed by atoms with Gasteiger partial charge in [-0.15, -0.1) is 12.1 Å². The van der Waals surface area contributed by atoms with E-state index in [2.05, 4.69) is 16.0 Å². The Morgan fingerprint density at radius 2 is 1.86 bits per heavy atom. The van der Waals surface area contributed by atoms with Crippen molar-refractivity contribution in [2.45, 2.75) is 26.3 Å². The third kappa shape index (κ3) is 7.21. The van der Waals surface area contributed by atoms with E-state index in [1.165, 1.54) is 0 Å². The molecule has 0 atom stereocenters. The molecule has 0 saturated heterocycles. The van der Waals surface area contributed by atoms with Gasteiger partial charge >= 0.3 is 20.1 Å². The summed E-state index contributed by atoms with van der Waals surface area (Å²) in [5, 5.41) is 0. The fourth-order valence-electron chi connectivity index (χ4n) is 1.15. The first-order valence-corrected chi connectivity index (χ1v) is 6.03. The molecular weight excluding hydrogens is 450 g/mol. The SMILES string of the molecule is Fc1c[c-]c(-c2ccccn2)c(F)c1.[CH-]=NC(C)(C)C.[IrH+2]. The predicted octanol–water partition coefficient (Wildman–Crippen LogP) is 3.92. The van der Waals surface area contributed by atoms with E-state index in [0.29, 0.717) is 5.69 Å². The van der Waals surface area contributed by atoms with E-state index in [9.17, 15) is 8.78 Å². The molecule has 2 aromatic rings. The minimum absolute atomic E-state index is 0. The molecule has 0 aliphatic heterocycles. The number of hydrogen-bond donors (Lipinski definition) is 0. The number of hydrogen-bond acceptors (Lipinski definition) is 2. The molecule has 1 radical (unpaired) electrons. The molecule has 1 aromatic heterocycles. The zero-order chi connectivity index (χ0) is 15.2. The van der Waals surface area contributed by atoms with E-state index in [-0.39, 0.29) is 31.2 Å². The van der Waals surface area contributed by atoms with Gasteiger partial charge in [-0.25, -0.2) is 0 Å². The summed E-state index contributed by atoms with van der Waals surface area (Å²) >= 11 is 0. The molecule has 2 nitrogen and oxygen atoms in total. The molecule has 0 spiro atoms. The van der Waals surface area contributed by atoms with Crippen LogP contribution >= 0.6 is 0 Å². The quantitative estimate of drug-likeness (QED) is 0.461. The monoisotopic (exact) mass is 468 g/mol. The zero-order valence-electron chi connectivity index (χ0n) is 12.0. The fraction of sp³-hybridized carbons (Fsp3) is 0.250. The minimum atomic E-state index is -0.649. The number of halogens is 2. The van der Waals surface area contributed by atoms with Crippen LogP contribution in [0.5, 0.6) is 0 Å². The normalized spacial score (nSPS) is 9.95. The van der Waals surface area contributed by atoms with Crippen molar-refractivity contribution in [2.75, 3.05) is 0 Å². The molecule has 1 heterocycles. The zero-order valence-corrected chi connectivity index (χ0v) is 14.6. The Balaban J connectivity index is 0.000000495. The van der Waals surface area contributed by atoms with Gasteiger partial charge < -0.3 is 16.7 Å². The van der Waals surface area contributed by atoms with Crippen LogP contribution in [0.25, 0.3) is 11.3 Å². The average Bonchev–Trinajstić information content (AvgIpc) is 2.39. The van der Waals surface area contributed by atoms with Gasteiger partial charge in [-0.2, -0.15) is 0 Å². The topological polar surface area (TPSA) is 25.2 Å². The van der Waals surface area contributed by atoms with Crippen LogP contribution < -0.4 is 0 Å². The predicted molar refractivity (Wildman–Crippen MR) is 78.1 cm³/mol. The van der Waals surface area contributed by atoms with E-state index in [4.69, 9.17) is 6.72 Å². The van der Waals surface area contributed by atoms with Crippen LogP contribution in [0.2, 0.25) is 0 Å². The molecular formula is C16H17F2IrN2. The molecule has 1 aromatic carbocycles. The Morgan fingerprint density at radius 1 is 1.24 bits per heavy atom. The van der Waals surface area contributed by atoms with Gasteiger partial charge in [0, 0.05) is 23.4 Å². The van der Waals surface area contributed by atoms with Crippen molar-refractivity contribution in [2.24, 2.45) is 4.99 Å². The van der Waals surface area contributed by atoms with Crippen LogP contribution in [0.1, 0.15) is 20.8 Å². The molecule has 0 unspecified atom stereocenters. The molecule has 114 valence electrons. The van der Waals surface area contributed by atoms with Gasteiger partial charge in [-0.05, 0) is 32.5 Å². The van der Waals surface area contributed by atoms with Crippen LogP contribution in [0.4, 0.5) is 8.78 Å². The van der Waals surface area contributed by atoms with Crippen LogP contribution in [-0.4, -0.2) is 17.2 Å². The van der Waals surface area contributed by atoms with Gasteiger partial charge in [0.2, 0.25) is 0 Å². The van der Waals surface area contributed by atoms with E-state index in [1.807, 2.05) is 20.8 Å². The second kappa shape index (κ2) is 8.75. The number of aliphatic imine (C=N–C) groups is 1. The summed E-state index contributed by atoms with van der Waals surface area (Å²) in [6, 6.07) is 9.53. The Labute approximate surface area is 137 Å². The van der Waals surface area contributed by atoms with Crippen LogP contribution in [0, 0.1) is 17.7 Å². The summed E-state index contributed by atoms with van der Waals surface area (Å²) in [7, 11) is 0. The van der Waals surface area contributed by atoms with Crippen LogP contribution in [-0.2, 0) is 20.1 Å². The summed E-state index contributed by atoms with van der Waals surface area (Å²) in [6.45, 7) is 10.8. The number of benzene rings is 1. The van der Waals surface area contributed by atoms with Gasteiger partial charge in [0.15, 0.2) is 0 Å². The molecule has 0 N–H and O–H groups in total. The molecule has 0 amide bonds. The molecule has 0 saturated carbocycles. The van der Waals surface area contributed by atoms with Crippen molar-refractivity contribution in [3.05, 3.63) is 54.2 Å². The van der Waals surface area contributed by atoms with Gasteiger partial charge in [0.05, 0.1) is 0 Å².